The summed E-state index contributed by atoms with van der Waals surface area (Å²) in [5, 5.41) is -0.488. The Labute approximate surface area is 107 Å². The normalized spacial score (nSPS) is 11.8. The Morgan fingerprint density at radius 2 is 2.00 bits per heavy atom. The standard InChI is InChI=1S/C9H3BrClF3N2O/c10-4-1-2-17-7(4)5-3-6(9(12,13)14)16-8(11)15-5/h1-3H. The number of nitrogens with zero attached hydrogens (tertiary/aromatic N) is 2. The van der Waals surface area contributed by atoms with Crippen molar-refractivity contribution in [3.05, 3.63) is 33.8 Å². The van der Waals surface area contributed by atoms with Crippen LogP contribution < -0.4 is 0 Å². The molecule has 0 radical (unpaired) electrons. The number of hydrogen-bond acceptors (Lipinski definition) is 3. The summed E-state index contributed by atoms with van der Waals surface area (Å²) in [4.78, 5) is 6.80. The Bertz CT molecular complexity index is 555. The van der Waals surface area contributed by atoms with Crippen molar-refractivity contribution in [1.29, 1.82) is 0 Å². The topological polar surface area (TPSA) is 38.9 Å². The van der Waals surface area contributed by atoms with Crippen molar-refractivity contribution in [1.82, 2.24) is 9.97 Å². The molecule has 0 aliphatic rings. The minimum absolute atomic E-state index is 0.0331. The monoisotopic (exact) mass is 326 g/mol. The molecule has 0 unspecified atom stereocenters. The number of hydrogen-bond donors (Lipinski definition) is 0. The molecule has 0 atom stereocenters. The molecule has 0 aliphatic carbocycles. The summed E-state index contributed by atoms with van der Waals surface area (Å²) in [5.74, 6) is 0.166. The molecule has 0 fully saturated rings. The lowest BCUT2D eigenvalue weighted by molar-refractivity contribution is -0.141. The first-order valence-electron chi connectivity index (χ1n) is 4.23. The highest BCUT2D eigenvalue weighted by molar-refractivity contribution is 9.10. The van der Waals surface area contributed by atoms with Crippen molar-refractivity contribution in [2.24, 2.45) is 0 Å². The second kappa shape index (κ2) is 4.30. The maximum absolute atomic E-state index is 12.5. The molecule has 0 N–H and O–H groups in total. The molecule has 3 nitrogen and oxygen atoms in total. The fraction of sp³-hybridized carbons (Fsp3) is 0.111. The van der Waals surface area contributed by atoms with E-state index < -0.39 is 17.2 Å². The Hall–Kier alpha value is -1.08. The van der Waals surface area contributed by atoms with Gasteiger partial charge in [0.25, 0.3) is 0 Å². The van der Waals surface area contributed by atoms with Gasteiger partial charge in [-0.1, -0.05) is 0 Å². The summed E-state index contributed by atoms with van der Waals surface area (Å²) < 4.78 is 43.0. The van der Waals surface area contributed by atoms with Crippen LogP contribution in [0.1, 0.15) is 5.69 Å². The van der Waals surface area contributed by atoms with Gasteiger partial charge in [-0.05, 0) is 39.7 Å². The second-order valence-corrected chi connectivity index (χ2v) is 4.20. The molecule has 2 heterocycles. The fourth-order valence-corrected chi connectivity index (χ4v) is 1.74. The van der Waals surface area contributed by atoms with Crippen molar-refractivity contribution in [3.8, 4) is 11.5 Å². The van der Waals surface area contributed by atoms with Crippen molar-refractivity contribution < 1.29 is 17.6 Å². The largest absolute Gasteiger partial charge is 0.461 e. The lowest BCUT2D eigenvalue weighted by atomic mass is 10.2. The SMILES string of the molecule is FC(F)(F)c1cc(-c2occc2Br)nc(Cl)n1. The van der Waals surface area contributed by atoms with Crippen molar-refractivity contribution in [2.45, 2.75) is 6.18 Å². The van der Waals surface area contributed by atoms with E-state index in [0.29, 0.717) is 4.47 Å². The van der Waals surface area contributed by atoms with E-state index in [-0.39, 0.29) is 11.5 Å². The maximum atomic E-state index is 12.5. The minimum Gasteiger partial charge on any atom is -0.461 e. The van der Waals surface area contributed by atoms with Crippen molar-refractivity contribution in [3.63, 3.8) is 0 Å². The first-order valence-corrected chi connectivity index (χ1v) is 5.40. The first-order chi connectivity index (χ1) is 7.88. The van der Waals surface area contributed by atoms with Crippen LogP contribution >= 0.6 is 27.5 Å². The number of halogens is 5. The van der Waals surface area contributed by atoms with Gasteiger partial charge in [-0.15, -0.1) is 0 Å². The number of aromatic nitrogens is 2. The molecule has 2 aromatic heterocycles. The van der Waals surface area contributed by atoms with Gasteiger partial charge in [0.15, 0.2) is 5.76 Å². The molecule has 2 aromatic rings. The van der Waals surface area contributed by atoms with Gasteiger partial charge >= 0.3 is 6.18 Å². The van der Waals surface area contributed by atoms with E-state index in [1.807, 2.05) is 0 Å². The summed E-state index contributed by atoms with van der Waals surface area (Å²) in [5.41, 5.74) is -1.15. The zero-order valence-corrected chi connectivity index (χ0v) is 10.3. The van der Waals surface area contributed by atoms with Crippen LogP contribution in [0, 0.1) is 0 Å². The van der Waals surface area contributed by atoms with Gasteiger partial charge in [-0.3, -0.25) is 0 Å². The molecule has 0 amide bonds. The number of furan rings is 1. The van der Waals surface area contributed by atoms with Crippen LogP contribution in [0.4, 0.5) is 13.2 Å². The zero-order valence-electron chi connectivity index (χ0n) is 7.92. The molecule has 8 heteroatoms. The van der Waals surface area contributed by atoms with E-state index in [1.165, 1.54) is 6.26 Å². The highest BCUT2D eigenvalue weighted by Gasteiger charge is 2.34. The lowest BCUT2D eigenvalue weighted by Gasteiger charge is -2.07. The average Bonchev–Trinajstić information content (AvgIpc) is 2.62. The van der Waals surface area contributed by atoms with Gasteiger partial charge < -0.3 is 4.42 Å². The Kier molecular flexibility index (Phi) is 3.13. The molecule has 2 rings (SSSR count). The highest BCUT2D eigenvalue weighted by atomic mass is 79.9. The van der Waals surface area contributed by atoms with E-state index in [4.69, 9.17) is 16.0 Å². The van der Waals surface area contributed by atoms with E-state index >= 15 is 0 Å². The molecule has 17 heavy (non-hydrogen) atoms. The zero-order chi connectivity index (χ0) is 12.6. The quantitative estimate of drug-likeness (QED) is 0.738. The summed E-state index contributed by atoms with van der Waals surface area (Å²) in [6.45, 7) is 0. The summed E-state index contributed by atoms with van der Waals surface area (Å²) in [6, 6.07) is 2.31. The van der Waals surface area contributed by atoms with Gasteiger partial charge in [0.2, 0.25) is 5.28 Å². The first kappa shape index (κ1) is 12.4. The Morgan fingerprint density at radius 3 is 2.53 bits per heavy atom. The third kappa shape index (κ3) is 2.61. The number of rotatable bonds is 1. The summed E-state index contributed by atoms with van der Waals surface area (Å²) in [6.07, 6.45) is -3.26. The predicted octanol–water partition coefficient (Wildman–Crippen LogP) is 4.17. The average molecular weight is 327 g/mol. The van der Waals surface area contributed by atoms with Gasteiger partial charge in [0.05, 0.1) is 10.7 Å². The minimum atomic E-state index is -4.58. The predicted molar refractivity (Wildman–Crippen MR) is 57.4 cm³/mol. The summed E-state index contributed by atoms with van der Waals surface area (Å²) in [7, 11) is 0. The molecule has 90 valence electrons. The molecule has 0 bridgehead atoms. The number of alkyl halides is 3. The van der Waals surface area contributed by atoms with E-state index in [2.05, 4.69) is 25.9 Å². The van der Waals surface area contributed by atoms with Gasteiger partial charge in [-0.25, -0.2) is 9.97 Å². The Balaban J connectivity index is 2.57. The molecular weight excluding hydrogens is 324 g/mol. The van der Waals surface area contributed by atoms with Crippen LogP contribution in [0.3, 0.4) is 0 Å². The molecule has 0 saturated carbocycles. The molecule has 0 saturated heterocycles. The lowest BCUT2D eigenvalue weighted by Crippen LogP contribution is -2.09. The van der Waals surface area contributed by atoms with E-state index in [1.54, 1.807) is 6.07 Å². The van der Waals surface area contributed by atoms with E-state index in [9.17, 15) is 13.2 Å². The van der Waals surface area contributed by atoms with Crippen molar-refractivity contribution >= 4 is 27.5 Å². The molecule has 0 spiro atoms. The van der Waals surface area contributed by atoms with Crippen LogP contribution in [0.5, 0.6) is 0 Å². The van der Waals surface area contributed by atoms with Crippen LogP contribution in [0.25, 0.3) is 11.5 Å². The van der Waals surface area contributed by atoms with Crippen LogP contribution in [-0.2, 0) is 6.18 Å². The smallest absolute Gasteiger partial charge is 0.433 e. The van der Waals surface area contributed by atoms with Gasteiger partial charge in [-0.2, -0.15) is 13.2 Å². The third-order valence-electron chi connectivity index (χ3n) is 1.84. The highest BCUT2D eigenvalue weighted by Crippen LogP contribution is 2.33. The van der Waals surface area contributed by atoms with Crippen LogP contribution in [-0.4, -0.2) is 9.97 Å². The van der Waals surface area contributed by atoms with Gasteiger partial charge in [0.1, 0.15) is 11.4 Å². The summed E-state index contributed by atoms with van der Waals surface area (Å²) >= 11 is 8.57. The third-order valence-corrected chi connectivity index (χ3v) is 2.63. The molecule has 0 aromatic carbocycles. The van der Waals surface area contributed by atoms with Crippen LogP contribution in [0.2, 0.25) is 5.28 Å². The molecular formula is C9H3BrClF3N2O. The van der Waals surface area contributed by atoms with Gasteiger partial charge in [0, 0.05) is 0 Å². The second-order valence-electron chi connectivity index (χ2n) is 3.00. The Morgan fingerprint density at radius 1 is 1.29 bits per heavy atom. The van der Waals surface area contributed by atoms with Crippen molar-refractivity contribution in [2.75, 3.05) is 0 Å². The molecule has 0 aliphatic heterocycles. The maximum Gasteiger partial charge on any atom is 0.433 e. The fourth-order valence-electron chi connectivity index (χ4n) is 1.16. The van der Waals surface area contributed by atoms with E-state index in [0.717, 1.165) is 6.07 Å². The van der Waals surface area contributed by atoms with Crippen LogP contribution in [0.15, 0.2) is 27.3 Å².